The lowest BCUT2D eigenvalue weighted by Gasteiger charge is -2.32. The van der Waals surface area contributed by atoms with E-state index in [4.69, 9.17) is 0 Å². The quantitative estimate of drug-likeness (QED) is 0.710. The van der Waals surface area contributed by atoms with E-state index in [0.717, 1.165) is 35.9 Å². The van der Waals surface area contributed by atoms with Crippen LogP contribution in [0.4, 0.5) is 5.13 Å². The lowest BCUT2D eigenvalue weighted by molar-refractivity contribution is 0.460. The number of benzene rings is 2. The minimum Gasteiger partial charge on any atom is -0.348 e. The van der Waals surface area contributed by atoms with E-state index in [2.05, 4.69) is 26.7 Å². The van der Waals surface area contributed by atoms with E-state index in [1.54, 1.807) is 35.6 Å². The summed E-state index contributed by atoms with van der Waals surface area (Å²) in [5.74, 6) is 0. The van der Waals surface area contributed by atoms with Gasteiger partial charge in [-0.15, -0.1) is 0 Å². The van der Waals surface area contributed by atoms with E-state index in [1.807, 2.05) is 30.5 Å². The molecule has 4 rings (SSSR count). The molecule has 7 heteroatoms. The Morgan fingerprint density at radius 2 is 1.59 bits per heavy atom. The molecule has 0 amide bonds. The first-order chi connectivity index (χ1) is 13.1. The summed E-state index contributed by atoms with van der Waals surface area (Å²) in [5, 5.41) is 0.998. The lowest BCUT2D eigenvalue weighted by Crippen LogP contribution is -2.44. The first-order valence-corrected chi connectivity index (χ1v) is 11.3. The number of thiazole rings is 1. The average molecular weight is 400 g/mol. The molecule has 0 saturated carbocycles. The highest BCUT2D eigenvalue weighted by molar-refractivity contribution is 7.89. The Morgan fingerprint density at radius 3 is 2.26 bits per heavy atom. The number of rotatable bonds is 5. The van der Waals surface area contributed by atoms with Crippen LogP contribution < -0.4 is 9.62 Å². The number of nitrogens with one attached hydrogen (secondary N) is 1. The van der Waals surface area contributed by atoms with Gasteiger partial charge in [0.2, 0.25) is 10.0 Å². The van der Waals surface area contributed by atoms with Crippen LogP contribution in [0, 0.1) is 0 Å². The van der Waals surface area contributed by atoms with Crippen molar-refractivity contribution in [1.82, 2.24) is 9.71 Å². The summed E-state index contributed by atoms with van der Waals surface area (Å²) in [4.78, 5) is 8.28. The van der Waals surface area contributed by atoms with Gasteiger partial charge in [-0.05, 0) is 30.5 Å². The molecule has 1 aliphatic heterocycles. The normalized spacial score (nSPS) is 15.8. The monoisotopic (exact) mass is 399 g/mol. The number of nitrogens with zero attached hydrogens (tertiary/aromatic N) is 2. The third kappa shape index (κ3) is 4.21. The molecule has 5 nitrogen and oxygen atoms in total. The van der Waals surface area contributed by atoms with Gasteiger partial charge in [0.25, 0.3) is 0 Å². The van der Waals surface area contributed by atoms with Crippen LogP contribution in [0.1, 0.15) is 12.8 Å². The van der Waals surface area contributed by atoms with Crippen LogP contribution in [-0.4, -0.2) is 32.5 Å². The van der Waals surface area contributed by atoms with E-state index in [0.29, 0.717) is 4.90 Å². The minimum absolute atomic E-state index is 0.0417. The molecule has 1 aliphatic rings. The predicted molar refractivity (Wildman–Crippen MR) is 110 cm³/mol. The van der Waals surface area contributed by atoms with E-state index in [1.165, 1.54) is 5.56 Å². The molecular formula is C20H21N3O2S2. The number of sulfonamides is 1. The molecule has 2 heterocycles. The Balaban J connectivity index is 1.38. The molecule has 0 radical (unpaired) electrons. The summed E-state index contributed by atoms with van der Waals surface area (Å²) in [6.07, 6.45) is 3.46. The molecule has 1 fully saturated rings. The molecule has 140 valence electrons. The average Bonchev–Trinajstić information content (AvgIpc) is 3.20. The Kier molecular flexibility index (Phi) is 5.24. The van der Waals surface area contributed by atoms with Crippen molar-refractivity contribution in [2.45, 2.75) is 23.8 Å². The van der Waals surface area contributed by atoms with Crippen molar-refractivity contribution in [3.8, 4) is 10.4 Å². The smallest absolute Gasteiger partial charge is 0.240 e. The zero-order valence-electron chi connectivity index (χ0n) is 14.8. The highest BCUT2D eigenvalue weighted by Crippen LogP contribution is 2.32. The molecule has 1 N–H and O–H groups in total. The van der Waals surface area contributed by atoms with Crippen LogP contribution in [-0.2, 0) is 10.0 Å². The predicted octanol–water partition coefficient (Wildman–Crippen LogP) is 3.76. The van der Waals surface area contributed by atoms with E-state index < -0.39 is 10.0 Å². The molecular weight excluding hydrogens is 378 g/mol. The Hall–Kier alpha value is -2.22. The largest absolute Gasteiger partial charge is 0.348 e. The Morgan fingerprint density at radius 1 is 0.963 bits per heavy atom. The van der Waals surface area contributed by atoms with Gasteiger partial charge >= 0.3 is 0 Å². The SMILES string of the molecule is O=S(=O)(NC1CCN(c2ncc(-c3ccccc3)s2)CC1)c1ccccc1. The molecule has 0 spiro atoms. The Bertz CT molecular complexity index is 980. The summed E-state index contributed by atoms with van der Waals surface area (Å²) in [7, 11) is -3.46. The first-order valence-electron chi connectivity index (χ1n) is 8.95. The zero-order valence-corrected chi connectivity index (χ0v) is 16.4. The summed E-state index contributed by atoms with van der Waals surface area (Å²) in [6.45, 7) is 1.59. The number of anilines is 1. The highest BCUT2D eigenvalue weighted by atomic mass is 32.2. The van der Waals surface area contributed by atoms with E-state index >= 15 is 0 Å². The van der Waals surface area contributed by atoms with Crippen LogP contribution >= 0.6 is 11.3 Å². The van der Waals surface area contributed by atoms with Crippen LogP contribution in [0.5, 0.6) is 0 Å². The Labute approximate surface area is 163 Å². The van der Waals surface area contributed by atoms with Crippen LogP contribution in [0.2, 0.25) is 0 Å². The number of aromatic nitrogens is 1. The van der Waals surface area contributed by atoms with Crippen molar-refractivity contribution in [1.29, 1.82) is 0 Å². The van der Waals surface area contributed by atoms with Crippen molar-refractivity contribution in [3.05, 3.63) is 66.9 Å². The summed E-state index contributed by atoms with van der Waals surface area (Å²) < 4.78 is 27.8. The van der Waals surface area contributed by atoms with E-state index in [-0.39, 0.29) is 6.04 Å². The molecule has 1 saturated heterocycles. The fourth-order valence-corrected chi connectivity index (χ4v) is 5.52. The second kappa shape index (κ2) is 7.80. The second-order valence-electron chi connectivity index (χ2n) is 6.57. The van der Waals surface area contributed by atoms with Gasteiger partial charge in [0.05, 0.1) is 9.77 Å². The van der Waals surface area contributed by atoms with Gasteiger partial charge in [0, 0.05) is 25.3 Å². The summed E-state index contributed by atoms with van der Waals surface area (Å²) >= 11 is 1.68. The summed E-state index contributed by atoms with van der Waals surface area (Å²) in [6, 6.07) is 18.7. The van der Waals surface area contributed by atoms with Gasteiger partial charge in [-0.1, -0.05) is 59.9 Å². The highest BCUT2D eigenvalue weighted by Gasteiger charge is 2.25. The van der Waals surface area contributed by atoms with Gasteiger partial charge in [0.1, 0.15) is 0 Å². The first kappa shape index (κ1) is 18.2. The number of piperidine rings is 1. The van der Waals surface area contributed by atoms with Crippen LogP contribution in [0.3, 0.4) is 0 Å². The molecule has 0 unspecified atom stereocenters. The maximum Gasteiger partial charge on any atom is 0.240 e. The summed E-state index contributed by atoms with van der Waals surface area (Å²) in [5.41, 5.74) is 1.17. The second-order valence-corrected chi connectivity index (χ2v) is 9.29. The lowest BCUT2D eigenvalue weighted by atomic mass is 10.1. The fraction of sp³-hybridized carbons (Fsp3) is 0.250. The molecule has 1 aromatic heterocycles. The number of hydrogen-bond acceptors (Lipinski definition) is 5. The zero-order chi connectivity index (χ0) is 18.7. The molecule has 0 aliphatic carbocycles. The molecule has 3 aromatic rings. The van der Waals surface area contributed by atoms with Crippen molar-refractivity contribution in [2.75, 3.05) is 18.0 Å². The minimum atomic E-state index is -3.46. The maximum atomic E-state index is 12.5. The van der Waals surface area contributed by atoms with Gasteiger partial charge < -0.3 is 4.90 Å². The van der Waals surface area contributed by atoms with Gasteiger partial charge in [-0.2, -0.15) is 0 Å². The topological polar surface area (TPSA) is 62.3 Å². The van der Waals surface area contributed by atoms with Gasteiger partial charge in [0.15, 0.2) is 5.13 Å². The van der Waals surface area contributed by atoms with Gasteiger partial charge in [-0.25, -0.2) is 18.1 Å². The molecule has 0 atom stereocenters. The number of hydrogen-bond donors (Lipinski definition) is 1. The van der Waals surface area contributed by atoms with Crippen molar-refractivity contribution in [2.24, 2.45) is 0 Å². The van der Waals surface area contributed by atoms with Crippen LogP contribution in [0.15, 0.2) is 71.8 Å². The van der Waals surface area contributed by atoms with Gasteiger partial charge in [-0.3, -0.25) is 0 Å². The third-order valence-electron chi connectivity index (χ3n) is 4.69. The molecule has 0 bridgehead atoms. The molecule has 2 aromatic carbocycles. The standard InChI is InChI=1S/C20H21N3O2S2/c24-27(25,18-9-5-2-6-10-18)22-17-11-13-23(14-12-17)20-21-15-19(26-20)16-7-3-1-4-8-16/h1-10,15,17,22H,11-14H2. The van der Waals surface area contributed by atoms with Crippen molar-refractivity contribution in [3.63, 3.8) is 0 Å². The maximum absolute atomic E-state index is 12.5. The van der Waals surface area contributed by atoms with E-state index in [9.17, 15) is 8.42 Å². The molecule has 27 heavy (non-hydrogen) atoms. The third-order valence-corrected chi connectivity index (χ3v) is 7.34. The van der Waals surface area contributed by atoms with Crippen molar-refractivity contribution >= 4 is 26.5 Å². The fourth-order valence-electron chi connectivity index (χ4n) is 3.22. The van der Waals surface area contributed by atoms with Crippen molar-refractivity contribution < 1.29 is 8.42 Å². The van der Waals surface area contributed by atoms with Crippen LogP contribution in [0.25, 0.3) is 10.4 Å².